The highest BCUT2D eigenvalue weighted by Gasteiger charge is 2.19. The summed E-state index contributed by atoms with van der Waals surface area (Å²) < 4.78 is 11.2. The Labute approximate surface area is 174 Å². The first kappa shape index (κ1) is 23.4. The van der Waals surface area contributed by atoms with Gasteiger partial charge in [0.15, 0.2) is 5.96 Å². The second kappa shape index (κ2) is 12.7. The summed E-state index contributed by atoms with van der Waals surface area (Å²) in [6.07, 6.45) is 7.30. The molecule has 2 N–H and O–H groups in total. The summed E-state index contributed by atoms with van der Waals surface area (Å²) in [7, 11) is 3.50. The van der Waals surface area contributed by atoms with Crippen LogP contribution in [0.2, 0.25) is 0 Å². The summed E-state index contributed by atoms with van der Waals surface area (Å²) in [6.45, 7) is 4.29. The molecule has 1 amide bonds. The van der Waals surface area contributed by atoms with Crippen molar-refractivity contribution in [1.82, 2.24) is 15.5 Å². The molecule has 1 saturated carbocycles. The number of rotatable bonds is 7. The lowest BCUT2D eigenvalue weighted by atomic mass is 9.96. The molecule has 2 unspecified atom stereocenters. The molecule has 2 aliphatic rings. The highest BCUT2D eigenvalue weighted by atomic mass is 127. The van der Waals surface area contributed by atoms with Crippen molar-refractivity contribution in [1.29, 1.82) is 0 Å². The maximum absolute atomic E-state index is 11.8. The van der Waals surface area contributed by atoms with E-state index in [2.05, 4.69) is 22.5 Å². The van der Waals surface area contributed by atoms with Gasteiger partial charge in [-0.2, -0.15) is 0 Å². The van der Waals surface area contributed by atoms with Crippen LogP contribution in [0.4, 0.5) is 0 Å². The van der Waals surface area contributed by atoms with Crippen LogP contribution in [-0.2, 0) is 14.3 Å². The third-order valence-electron chi connectivity index (χ3n) is 4.67. The van der Waals surface area contributed by atoms with E-state index in [-0.39, 0.29) is 48.6 Å². The minimum absolute atomic E-state index is 0. The number of carbonyl (C=O) groups is 1. The molecule has 26 heavy (non-hydrogen) atoms. The second-order valence-corrected chi connectivity index (χ2v) is 7.30. The van der Waals surface area contributed by atoms with Crippen LogP contribution >= 0.6 is 24.0 Å². The number of hydrogen-bond donors (Lipinski definition) is 2. The fourth-order valence-electron chi connectivity index (χ4n) is 3.06. The third kappa shape index (κ3) is 8.85. The molecule has 7 nitrogen and oxygen atoms in total. The van der Waals surface area contributed by atoms with Crippen LogP contribution < -0.4 is 10.6 Å². The largest absolute Gasteiger partial charge is 0.379 e. The number of nitrogens with zero attached hydrogens (tertiary/aromatic N) is 2. The van der Waals surface area contributed by atoms with Crippen molar-refractivity contribution >= 4 is 35.8 Å². The van der Waals surface area contributed by atoms with Crippen LogP contribution in [0.5, 0.6) is 0 Å². The van der Waals surface area contributed by atoms with Crippen LogP contribution in [0.3, 0.4) is 0 Å². The van der Waals surface area contributed by atoms with Crippen molar-refractivity contribution < 1.29 is 14.3 Å². The monoisotopic (exact) mass is 482 g/mol. The number of amides is 1. The first-order chi connectivity index (χ1) is 12.0. The topological polar surface area (TPSA) is 75.2 Å². The molecule has 152 valence electrons. The number of hydrogen-bond acceptors (Lipinski definition) is 4. The third-order valence-corrected chi connectivity index (χ3v) is 4.67. The fourth-order valence-corrected chi connectivity index (χ4v) is 3.06. The Morgan fingerprint density at radius 2 is 2.00 bits per heavy atom. The lowest BCUT2D eigenvalue weighted by molar-refractivity contribution is -0.127. The first-order valence-corrected chi connectivity index (χ1v) is 9.51. The van der Waals surface area contributed by atoms with Crippen molar-refractivity contribution in [2.24, 2.45) is 4.99 Å². The van der Waals surface area contributed by atoms with Gasteiger partial charge in [-0.15, -0.1) is 24.0 Å². The van der Waals surface area contributed by atoms with Gasteiger partial charge in [-0.3, -0.25) is 4.79 Å². The molecule has 0 spiro atoms. The van der Waals surface area contributed by atoms with Crippen molar-refractivity contribution in [3.63, 3.8) is 0 Å². The van der Waals surface area contributed by atoms with Gasteiger partial charge in [0.25, 0.3) is 0 Å². The molecule has 0 bridgehead atoms. The van der Waals surface area contributed by atoms with Gasteiger partial charge in [0, 0.05) is 32.8 Å². The average molecular weight is 482 g/mol. The van der Waals surface area contributed by atoms with E-state index < -0.39 is 0 Å². The van der Waals surface area contributed by atoms with Gasteiger partial charge in [0.05, 0.1) is 19.3 Å². The Balaban J connectivity index is 0.00000338. The predicted molar refractivity (Wildman–Crippen MR) is 114 cm³/mol. The van der Waals surface area contributed by atoms with Crippen LogP contribution in [0.1, 0.15) is 45.4 Å². The maximum Gasteiger partial charge on any atom is 0.243 e. The zero-order valence-corrected chi connectivity index (χ0v) is 18.7. The number of ether oxygens (including phenoxy) is 2. The summed E-state index contributed by atoms with van der Waals surface area (Å²) in [4.78, 5) is 17.9. The number of guanidine groups is 1. The van der Waals surface area contributed by atoms with E-state index in [1.165, 1.54) is 19.3 Å². The van der Waals surface area contributed by atoms with Gasteiger partial charge in [-0.25, -0.2) is 4.99 Å². The van der Waals surface area contributed by atoms with Crippen LogP contribution in [0, 0.1) is 0 Å². The molecular formula is C18H35IN4O3. The van der Waals surface area contributed by atoms with E-state index in [1.54, 1.807) is 19.0 Å². The quantitative estimate of drug-likeness (QED) is 0.329. The number of likely N-dealkylation sites (N-methyl/N-ethyl adjacent to an activating group) is 1. The lowest BCUT2D eigenvalue weighted by Crippen LogP contribution is -2.49. The van der Waals surface area contributed by atoms with E-state index in [0.29, 0.717) is 25.2 Å². The Kier molecular flexibility index (Phi) is 11.5. The summed E-state index contributed by atoms with van der Waals surface area (Å²) in [6, 6.07) is 0.552. The minimum atomic E-state index is -0.00301. The van der Waals surface area contributed by atoms with Gasteiger partial charge >= 0.3 is 0 Å². The molecule has 0 aromatic rings. The fraction of sp³-hybridized carbons (Fsp3) is 0.889. The number of aliphatic imine (C=N–C) groups is 1. The number of carbonyl (C=O) groups excluding carboxylic acids is 1. The minimum Gasteiger partial charge on any atom is -0.379 e. The zero-order chi connectivity index (χ0) is 18.1. The van der Waals surface area contributed by atoms with Gasteiger partial charge in [-0.05, 0) is 26.2 Å². The summed E-state index contributed by atoms with van der Waals surface area (Å²) in [5.41, 5.74) is 0. The van der Waals surface area contributed by atoms with E-state index in [0.717, 1.165) is 25.9 Å². The molecule has 0 aromatic heterocycles. The number of nitrogens with one attached hydrogen (secondary N) is 2. The van der Waals surface area contributed by atoms with E-state index in [9.17, 15) is 4.79 Å². The molecule has 1 aliphatic carbocycles. The molecular weight excluding hydrogens is 447 g/mol. The Bertz CT molecular complexity index is 436. The Hall–Kier alpha value is -0.610. The summed E-state index contributed by atoms with van der Waals surface area (Å²) >= 11 is 0. The smallest absolute Gasteiger partial charge is 0.243 e. The summed E-state index contributed by atoms with van der Waals surface area (Å²) in [5, 5.41) is 6.88. The van der Waals surface area contributed by atoms with Gasteiger partial charge < -0.3 is 25.0 Å². The normalized spacial score (nSPS) is 22.4. The van der Waals surface area contributed by atoms with Crippen molar-refractivity contribution in [3.8, 4) is 0 Å². The predicted octanol–water partition coefficient (Wildman–Crippen LogP) is 1.75. The molecule has 0 aromatic carbocycles. The summed E-state index contributed by atoms with van der Waals surface area (Å²) in [5.74, 6) is 0.706. The maximum atomic E-state index is 11.8. The molecule has 0 radical (unpaired) electrons. The molecule has 8 heteroatoms. The average Bonchev–Trinajstić information content (AvgIpc) is 3.12. The zero-order valence-electron chi connectivity index (χ0n) is 16.3. The lowest BCUT2D eigenvalue weighted by Gasteiger charge is -2.27. The van der Waals surface area contributed by atoms with Crippen molar-refractivity contribution in [2.45, 2.75) is 63.6 Å². The Morgan fingerprint density at radius 3 is 2.62 bits per heavy atom. The van der Waals surface area contributed by atoms with Gasteiger partial charge in [-0.1, -0.05) is 19.3 Å². The molecule has 1 saturated heterocycles. The standard InChI is InChI=1S/C18H34N4O3.HI/c1-14(12-25-16-9-10-24-13-16)20-18(19-11-17(23)22(2)3)21-15-7-5-4-6-8-15;/h14-16H,4-13H2,1-3H3,(H2,19,20,21);1H. The highest BCUT2D eigenvalue weighted by molar-refractivity contribution is 14.0. The highest BCUT2D eigenvalue weighted by Crippen LogP contribution is 2.17. The van der Waals surface area contributed by atoms with Crippen molar-refractivity contribution in [2.75, 3.05) is 40.5 Å². The van der Waals surface area contributed by atoms with Crippen LogP contribution in [-0.4, -0.2) is 75.4 Å². The first-order valence-electron chi connectivity index (χ1n) is 9.51. The molecule has 1 heterocycles. The molecule has 2 atom stereocenters. The van der Waals surface area contributed by atoms with Crippen LogP contribution in [0.15, 0.2) is 4.99 Å². The van der Waals surface area contributed by atoms with Crippen molar-refractivity contribution in [3.05, 3.63) is 0 Å². The second-order valence-electron chi connectivity index (χ2n) is 7.30. The Morgan fingerprint density at radius 1 is 1.27 bits per heavy atom. The van der Waals surface area contributed by atoms with E-state index in [1.807, 2.05) is 0 Å². The molecule has 2 fully saturated rings. The van der Waals surface area contributed by atoms with E-state index >= 15 is 0 Å². The SMILES string of the molecule is CC(COC1CCOC1)NC(=NCC(=O)N(C)C)NC1CCCCC1.I. The van der Waals surface area contributed by atoms with Gasteiger partial charge in [0.2, 0.25) is 5.91 Å². The van der Waals surface area contributed by atoms with Crippen LogP contribution in [0.25, 0.3) is 0 Å². The molecule has 2 rings (SSSR count). The van der Waals surface area contributed by atoms with E-state index in [4.69, 9.17) is 9.47 Å². The van der Waals surface area contributed by atoms with Gasteiger partial charge in [0.1, 0.15) is 6.54 Å². The number of halogens is 1. The molecule has 1 aliphatic heterocycles.